The summed E-state index contributed by atoms with van der Waals surface area (Å²) in [6.07, 6.45) is 4.62. The van der Waals surface area contributed by atoms with Crippen LogP contribution in [0.5, 0.6) is 0 Å². The Labute approximate surface area is 143 Å². The number of hydrogen-bond acceptors (Lipinski definition) is 6. The summed E-state index contributed by atoms with van der Waals surface area (Å²) in [6.45, 7) is 7.19. The first-order valence-corrected chi connectivity index (χ1v) is 8.91. The lowest BCUT2D eigenvalue weighted by Gasteiger charge is -2.34. The smallest absolute Gasteiger partial charge is 0.242 e. The molecule has 1 fully saturated rings. The lowest BCUT2D eigenvalue weighted by Crippen LogP contribution is -2.47. The van der Waals surface area contributed by atoms with Crippen LogP contribution in [-0.4, -0.2) is 59.5 Å². The maximum absolute atomic E-state index is 12.8. The molecule has 24 heavy (non-hydrogen) atoms. The van der Waals surface area contributed by atoms with Crippen LogP contribution >= 0.6 is 0 Å². The Morgan fingerprint density at radius 3 is 2.79 bits per heavy atom. The van der Waals surface area contributed by atoms with Crippen LogP contribution in [0.25, 0.3) is 0 Å². The van der Waals surface area contributed by atoms with Gasteiger partial charge in [-0.25, -0.2) is 9.97 Å². The first kappa shape index (κ1) is 17.0. The van der Waals surface area contributed by atoms with Crippen molar-refractivity contribution in [2.24, 2.45) is 0 Å². The predicted molar refractivity (Wildman–Crippen MR) is 95.1 cm³/mol. The van der Waals surface area contributed by atoms with E-state index in [9.17, 15) is 4.79 Å². The zero-order valence-electron chi connectivity index (χ0n) is 14.9. The van der Waals surface area contributed by atoms with Crippen LogP contribution in [0.15, 0.2) is 6.33 Å². The second-order valence-electron chi connectivity index (χ2n) is 6.84. The molecular formula is C17H28N6O. The van der Waals surface area contributed by atoms with E-state index in [2.05, 4.69) is 34.4 Å². The highest BCUT2D eigenvalue weighted by atomic mass is 16.2. The molecule has 132 valence electrons. The summed E-state index contributed by atoms with van der Waals surface area (Å²) < 4.78 is 0. The molecule has 1 saturated heterocycles. The van der Waals surface area contributed by atoms with Gasteiger partial charge in [0.25, 0.3) is 0 Å². The van der Waals surface area contributed by atoms with Crippen LogP contribution in [0, 0.1) is 0 Å². The molecule has 7 nitrogen and oxygen atoms in total. The van der Waals surface area contributed by atoms with Gasteiger partial charge in [0.05, 0.1) is 18.7 Å². The molecule has 0 spiro atoms. The van der Waals surface area contributed by atoms with Crippen LogP contribution in [0.1, 0.15) is 38.7 Å². The van der Waals surface area contributed by atoms with Gasteiger partial charge in [-0.1, -0.05) is 6.92 Å². The van der Waals surface area contributed by atoms with Crippen molar-refractivity contribution in [2.45, 2.75) is 51.7 Å². The fourth-order valence-corrected chi connectivity index (χ4v) is 3.42. The number of anilines is 2. The molecule has 0 radical (unpaired) electrons. The third-order valence-electron chi connectivity index (χ3n) is 5.05. The van der Waals surface area contributed by atoms with Crippen LogP contribution in [0.2, 0.25) is 0 Å². The summed E-state index contributed by atoms with van der Waals surface area (Å²) >= 11 is 0. The van der Waals surface area contributed by atoms with Crippen molar-refractivity contribution in [3.8, 4) is 0 Å². The Bertz CT molecular complexity index is 586. The molecule has 0 bridgehead atoms. The van der Waals surface area contributed by atoms with E-state index in [-0.39, 0.29) is 5.91 Å². The molecule has 1 aromatic rings. The average Bonchev–Trinajstić information content (AvgIpc) is 2.72. The first-order chi connectivity index (χ1) is 11.6. The number of aromatic nitrogens is 2. The van der Waals surface area contributed by atoms with E-state index in [0.29, 0.717) is 25.2 Å². The third-order valence-corrected chi connectivity index (χ3v) is 5.05. The molecule has 1 unspecified atom stereocenters. The van der Waals surface area contributed by atoms with Gasteiger partial charge in [0.15, 0.2) is 0 Å². The number of hydrogen-bond donors (Lipinski definition) is 2. The summed E-state index contributed by atoms with van der Waals surface area (Å²) in [5.74, 6) is 1.90. The van der Waals surface area contributed by atoms with Crippen molar-refractivity contribution in [1.82, 2.24) is 20.2 Å². The van der Waals surface area contributed by atoms with Gasteiger partial charge in [-0.15, -0.1) is 0 Å². The zero-order chi connectivity index (χ0) is 17.1. The van der Waals surface area contributed by atoms with Crippen molar-refractivity contribution in [3.63, 3.8) is 0 Å². The van der Waals surface area contributed by atoms with Gasteiger partial charge in [0.2, 0.25) is 5.91 Å². The molecule has 1 atom stereocenters. The lowest BCUT2D eigenvalue weighted by atomic mass is 10.0. The van der Waals surface area contributed by atoms with E-state index < -0.39 is 0 Å². The minimum absolute atomic E-state index is 0.178. The number of carbonyl (C=O) groups excluding carboxylic acids is 1. The van der Waals surface area contributed by atoms with Crippen molar-refractivity contribution in [1.29, 1.82) is 0 Å². The Morgan fingerprint density at radius 2 is 2.08 bits per heavy atom. The molecule has 2 aliphatic rings. The SMILES string of the molecule is CCC(C)Nc1ncnc2c1CN(C1CCNCC1)C(=O)CN2C. The molecule has 0 saturated carbocycles. The molecule has 7 heteroatoms. The number of rotatable bonds is 4. The minimum atomic E-state index is 0.178. The summed E-state index contributed by atoms with van der Waals surface area (Å²) in [4.78, 5) is 25.7. The molecule has 1 amide bonds. The highest BCUT2D eigenvalue weighted by Crippen LogP contribution is 2.30. The van der Waals surface area contributed by atoms with Crippen LogP contribution < -0.4 is 15.5 Å². The Hall–Kier alpha value is -1.89. The second kappa shape index (κ2) is 7.34. The van der Waals surface area contributed by atoms with Crippen LogP contribution in [-0.2, 0) is 11.3 Å². The molecular weight excluding hydrogens is 304 g/mol. The lowest BCUT2D eigenvalue weighted by molar-refractivity contribution is -0.133. The molecule has 0 aromatic carbocycles. The van der Waals surface area contributed by atoms with E-state index in [0.717, 1.165) is 49.6 Å². The van der Waals surface area contributed by atoms with Gasteiger partial charge in [-0.2, -0.15) is 0 Å². The number of fused-ring (bicyclic) bond motifs is 1. The summed E-state index contributed by atoms with van der Waals surface area (Å²) in [6, 6.07) is 0.635. The molecule has 2 N–H and O–H groups in total. The number of nitrogens with one attached hydrogen (secondary N) is 2. The highest BCUT2D eigenvalue weighted by Gasteiger charge is 2.32. The monoisotopic (exact) mass is 332 g/mol. The predicted octanol–water partition coefficient (Wildman–Crippen LogP) is 1.22. The number of amides is 1. The highest BCUT2D eigenvalue weighted by molar-refractivity contribution is 5.84. The maximum atomic E-state index is 12.8. The van der Waals surface area contributed by atoms with Crippen molar-refractivity contribution in [2.75, 3.05) is 36.9 Å². The van der Waals surface area contributed by atoms with Gasteiger partial charge in [0, 0.05) is 19.1 Å². The van der Waals surface area contributed by atoms with E-state index in [1.165, 1.54) is 0 Å². The fraction of sp³-hybridized carbons (Fsp3) is 0.706. The normalized spacial score (nSPS) is 20.5. The Balaban J connectivity index is 1.92. The summed E-state index contributed by atoms with van der Waals surface area (Å²) in [5.41, 5.74) is 1.03. The number of nitrogens with zero attached hydrogens (tertiary/aromatic N) is 4. The maximum Gasteiger partial charge on any atom is 0.242 e. The van der Waals surface area contributed by atoms with E-state index >= 15 is 0 Å². The first-order valence-electron chi connectivity index (χ1n) is 8.91. The fourth-order valence-electron chi connectivity index (χ4n) is 3.42. The minimum Gasteiger partial charge on any atom is -0.367 e. The number of likely N-dealkylation sites (N-methyl/N-ethyl adjacent to an activating group) is 1. The molecule has 2 aliphatic heterocycles. The Kier molecular flexibility index (Phi) is 5.18. The van der Waals surface area contributed by atoms with Crippen molar-refractivity contribution >= 4 is 17.5 Å². The van der Waals surface area contributed by atoms with E-state index in [1.54, 1.807) is 6.33 Å². The van der Waals surface area contributed by atoms with Crippen molar-refractivity contribution in [3.05, 3.63) is 11.9 Å². The number of carbonyl (C=O) groups is 1. The standard InChI is InChI=1S/C17H28N6O/c1-4-12(2)21-16-14-9-23(13-5-7-18-8-6-13)15(24)10-22(3)17(14)20-11-19-16/h11-13,18H,4-10H2,1-3H3,(H,19,20,21). The Morgan fingerprint density at radius 1 is 1.33 bits per heavy atom. The van der Waals surface area contributed by atoms with Crippen molar-refractivity contribution < 1.29 is 4.79 Å². The third kappa shape index (κ3) is 3.45. The number of piperidine rings is 1. The molecule has 3 heterocycles. The van der Waals surface area contributed by atoms with Gasteiger partial charge in [0.1, 0.15) is 18.0 Å². The van der Waals surface area contributed by atoms with Gasteiger partial charge >= 0.3 is 0 Å². The summed E-state index contributed by atoms with van der Waals surface area (Å²) in [5, 5.41) is 6.85. The van der Waals surface area contributed by atoms with Gasteiger partial charge in [-0.05, 0) is 39.3 Å². The average molecular weight is 332 g/mol. The zero-order valence-corrected chi connectivity index (χ0v) is 14.9. The van der Waals surface area contributed by atoms with E-state index in [1.807, 2.05) is 16.8 Å². The molecule has 1 aromatic heterocycles. The summed E-state index contributed by atoms with van der Waals surface area (Å²) in [7, 11) is 1.93. The van der Waals surface area contributed by atoms with Crippen LogP contribution in [0.4, 0.5) is 11.6 Å². The van der Waals surface area contributed by atoms with Gasteiger partial charge in [-0.3, -0.25) is 4.79 Å². The molecule has 3 rings (SSSR count). The van der Waals surface area contributed by atoms with Crippen LogP contribution in [0.3, 0.4) is 0 Å². The molecule has 0 aliphatic carbocycles. The largest absolute Gasteiger partial charge is 0.367 e. The quantitative estimate of drug-likeness (QED) is 0.864. The second-order valence-corrected chi connectivity index (χ2v) is 6.84. The van der Waals surface area contributed by atoms with Gasteiger partial charge < -0.3 is 20.4 Å². The van der Waals surface area contributed by atoms with E-state index in [4.69, 9.17) is 0 Å². The topological polar surface area (TPSA) is 73.4 Å².